The van der Waals surface area contributed by atoms with Gasteiger partial charge in [-0.1, -0.05) is 12.1 Å². The maximum Gasteiger partial charge on any atom is 0.391 e. The summed E-state index contributed by atoms with van der Waals surface area (Å²) in [5.41, 5.74) is 0.494. The molecule has 0 bridgehead atoms. The third-order valence-corrected chi connectivity index (χ3v) is 2.26. The standard InChI is InChI=1S/C12H15F3O2/c1-3-17-10-6-4-9(5-7-10)11(16-2)8-12(13,14)15/h4-7,11H,3,8H2,1-2H3. The summed E-state index contributed by atoms with van der Waals surface area (Å²) in [5, 5.41) is 0. The fraction of sp³-hybridized carbons (Fsp3) is 0.500. The van der Waals surface area contributed by atoms with Crippen LogP contribution in [0.2, 0.25) is 0 Å². The van der Waals surface area contributed by atoms with Crippen LogP contribution in [0.4, 0.5) is 13.2 Å². The van der Waals surface area contributed by atoms with Gasteiger partial charge in [-0.15, -0.1) is 0 Å². The van der Waals surface area contributed by atoms with Gasteiger partial charge in [0.05, 0.1) is 19.1 Å². The molecule has 1 atom stereocenters. The average molecular weight is 248 g/mol. The summed E-state index contributed by atoms with van der Waals surface area (Å²) >= 11 is 0. The van der Waals surface area contributed by atoms with Gasteiger partial charge in [0.15, 0.2) is 0 Å². The van der Waals surface area contributed by atoms with Crippen LogP contribution in [0.15, 0.2) is 24.3 Å². The van der Waals surface area contributed by atoms with Gasteiger partial charge in [-0.25, -0.2) is 0 Å². The highest BCUT2D eigenvalue weighted by molar-refractivity contribution is 5.28. The van der Waals surface area contributed by atoms with Crippen LogP contribution in [0.1, 0.15) is 25.0 Å². The molecule has 0 aliphatic heterocycles. The number of hydrogen-bond acceptors (Lipinski definition) is 2. The Balaban J connectivity index is 2.75. The number of methoxy groups -OCH3 is 1. The lowest BCUT2D eigenvalue weighted by molar-refractivity contribution is -0.158. The largest absolute Gasteiger partial charge is 0.494 e. The molecule has 17 heavy (non-hydrogen) atoms. The first kappa shape index (κ1) is 13.8. The van der Waals surface area contributed by atoms with Crippen LogP contribution in [0, 0.1) is 0 Å². The predicted molar refractivity (Wildman–Crippen MR) is 58.0 cm³/mol. The lowest BCUT2D eigenvalue weighted by Crippen LogP contribution is -2.15. The molecule has 0 aliphatic carbocycles. The Morgan fingerprint density at radius 3 is 2.18 bits per heavy atom. The predicted octanol–water partition coefficient (Wildman–Crippen LogP) is 3.73. The first-order valence-corrected chi connectivity index (χ1v) is 5.28. The summed E-state index contributed by atoms with van der Waals surface area (Å²) in [6, 6.07) is 6.46. The van der Waals surface area contributed by atoms with Crippen molar-refractivity contribution >= 4 is 0 Å². The van der Waals surface area contributed by atoms with Crippen LogP contribution in [-0.4, -0.2) is 19.9 Å². The normalized spacial score (nSPS) is 13.5. The van der Waals surface area contributed by atoms with E-state index < -0.39 is 18.7 Å². The SMILES string of the molecule is CCOc1ccc(C(CC(F)(F)F)OC)cc1. The number of ether oxygens (including phenoxy) is 2. The molecule has 0 spiro atoms. The highest BCUT2D eigenvalue weighted by Gasteiger charge is 2.32. The lowest BCUT2D eigenvalue weighted by Gasteiger charge is -2.17. The second-order valence-corrected chi connectivity index (χ2v) is 3.55. The van der Waals surface area contributed by atoms with Gasteiger partial charge in [-0.2, -0.15) is 13.2 Å². The van der Waals surface area contributed by atoms with Crippen LogP contribution in [-0.2, 0) is 4.74 Å². The van der Waals surface area contributed by atoms with E-state index in [1.807, 2.05) is 6.92 Å². The van der Waals surface area contributed by atoms with E-state index in [4.69, 9.17) is 9.47 Å². The van der Waals surface area contributed by atoms with Crippen molar-refractivity contribution in [3.63, 3.8) is 0 Å². The fourth-order valence-electron chi connectivity index (χ4n) is 1.49. The number of benzene rings is 1. The van der Waals surface area contributed by atoms with Crippen molar-refractivity contribution in [3.8, 4) is 5.75 Å². The molecule has 0 N–H and O–H groups in total. The van der Waals surface area contributed by atoms with Crippen molar-refractivity contribution in [1.82, 2.24) is 0 Å². The van der Waals surface area contributed by atoms with E-state index in [9.17, 15) is 13.2 Å². The van der Waals surface area contributed by atoms with Crippen LogP contribution < -0.4 is 4.74 Å². The second-order valence-electron chi connectivity index (χ2n) is 3.55. The molecular weight excluding hydrogens is 233 g/mol. The molecule has 1 aromatic rings. The van der Waals surface area contributed by atoms with E-state index >= 15 is 0 Å². The average Bonchev–Trinajstić information content (AvgIpc) is 2.26. The summed E-state index contributed by atoms with van der Waals surface area (Å²) in [5.74, 6) is 0.637. The third kappa shape index (κ3) is 4.65. The van der Waals surface area contributed by atoms with E-state index in [0.717, 1.165) is 0 Å². The maximum absolute atomic E-state index is 12.3. The van der Waals surface area contributed by atoms with Crippen LogP contribution in [0.3, 0.4) is 0 Å². The molecule has 2 nitrogen and oxygen atoms in total. The molecule has 5 heteroatoms. The molecule has 0 aliphatic rings. The summed E-state index contributed by atoms with van der Waals surface area (Å²) in [6.45, 7) is 2.37. The van der Waals surface area contributed by atoms with Crippen molar-refractivity contribution in [3.05, 3.63) is 29.8 Å². The second kappa shape index (κ2) is 5.91. The fourth-order valence-corrected chi connectivity index (χ4v) is 1.49. The molecule has 0 saturated heterocycles. The first-order valence-electron chi connectivity index (χ1n) is 5.28. The summed E-state index contributed by atoms with van der Waals surface area (Å²) in [7, 11) is 1.27. The lowest BCUT2D eigenvalue weighted by atomic mass is 10.1. The van der Waals surface area contributed by atoms with Gasteiger partial charge >= 0.3 is 6.18 Å². The molecule has 0 radical (unpaired) electrons. The van der Waals surface area contributed by atoms with Gasteiger partial charge < -0.3 is 9.47 Å². The summed E-state index contributed by atoms with van der Waals surface area (Å²) < 4.78 is 46.9. The minimum absolute atomic E-state index is 0.494. The minimum atomic E-state index is -4.24. The molecule has 0 saturated carbocycles. The smallest absolute Gasteiger partial charge is 0.391 e. The van der Waals surface area contributed by atoms with Crippen LogP contribution in [0.25, 0.3) is 0 Å². The number of hydrogen-bond donors (Lipinski definition) is 0. The van der Waals surface area contributed by atoms with E-state index in [-0.39, 0.29) is 0 Å². The van der Waals surface area contributed by atoms with Crippen LogP contribution >= 0.6 is 0 Å². The first-order chi connectivity index (χ1) is 7.96. The Bertz CT molecular complexity index is 333. The summed E-state index contributed by atoms with van der Waals surface area (Å²) in [4.78, 5) is 0. The molecule has 1 rings (SSSR count). The van der Waals surface area contributed by atoms with Gasteiger partial charge in [0.2, 0.25) is 0 Å². The van der Waals surface area contributed by atoms with Gasteiger partial charge in [0.25, 0.3) is 0 Å². The molecule has 0 amide bonds. The van der Waals surface area contributed by atoms with Crippen LogP contribution in [0.5, 0.6) is 5.75 Å². The number of halogens is 3. The van der Waals surface area contributed by atoms with Gasteiger partial charge in [-0.3, -0.25) is 0 Å². The van der Waals surface area contributed by atoms with Gasteiger partial charge in [0, 0.05) is 7.11 Å². The molecule has 0 fully saturated rings. The van der Waals surface area contributed by atoms with Gasteiger partial charge in [0.1, 0.15) is 5.75 Å². The topological polar surface area (TPSA) is 18.5 Å². The molecule has 96 valence electrons. The Morgan fingerprint density at radius 1 is 1.18 bits per heavy atom. The van der Waals surface area contributed by atoms with E-state index in [2.05, 4.69) is 0 Å². The van der Waals surface area contributed by atoms with E-state index in [1.54, 1.807) is 24.3 Å². The molecule has 0 aromatic heterocycles. The third-order valence-electron chi connectivity index (χ3n) is 2.26. The molecular formula is C12H15F3O2. The number of rotatable bonds is 5. The molecule has 1 unspecified atom stereocenters. The van der Waals surface area contributed by atoms with Crippen molar-refractivity contribution in [2.75, 3.05) is 13.7 Å². The minimum Gasteiger partial charge on any atom is -0.494 e. The quantitative estimate of drug-likeness (QED) is 0.790. The highest BCUT2D eigenvalue weighted by Crippen LogP contribution is 2.32. The van der Waals surface area contributed by atoms with E-state index in [1.165, 1.54) is 7.11 Å². The van der Waals surface area contributed by atoms with Crippen molar-refractivity contribution < 1.29 is 22.6 Å². The monoisotopic (exact) mass is 248 g/mol. The zero-order valence-corrected chi connectivity index (χ0v) is 9.75. The Hall–Kier alpha value is -1.23. The Kier molecular flexibility index (Phi) is 4.81. The Morgan fingerprint density at radius 2 is 1.76 bits per heavy atom. The van der Waals surface area contributed by atoms with Crippen molar-refractivity contribution in [2.24, 2.45) is 0 Å². The molecule has 1 aromatic carbocycles. The zero-order valence-electron chi connectivity index (χ0n) is 9.75. The number of alkyl halides is 3. The molecule has 0 heterocycles. The van der Waals surface area contributed by atoms with E-state index in [0.29, 0.717) is 17.9 Å². The van der Waals surface area contributed by atoms with Crippen molar-refractivity contribution in [1.29, 1.82) is 0 Å². The maximum atomic E-state index is 12.3. The van der Waals surface area contributed by atoms with Gasteiger partial charge in [-0.05, 0) is 24.6 Å². The Labute approximate surface area is 98.3 Å². The summed E-state index contributed by atoms with van der Waals surface area (Å²) in [6.07, 6.45) is -6.19. The van der Waals surface area contributed by atoms with Crippen molar-refractivity contribution in [2.45, 2.75) is 25.6 Å². The highest BCUT2D eigenvalue weighted by atomic mass is 19.4. The zero-order chi connectivity index (χ0) is 12.9.